The summed E-state index contributed by atoms with van der Waals surface area (Å²) >= 11 is 3.59. The van der Waals surface area contributed by atoms with E-state index in [1.54, 1.807) is 0 Å². The maximum Gasteiger partial charge on any atom is 0.133 e. The Labute approximate surface area is 131 Å². The quantitative estimate of drug-likeness (QED) is 0.765. The number of hydrogen-bond donors (Lipinski definition) is 1. The molecule has 0 atom stereocenters. The molecule has 0 aliphatic heterocycles. The molecule has 3 nitrogen and oxygen atoms in total. The Hall–Kier alpha value is -0.580. The molecule has 114 valence electrons. The first-order valence-electron chi connectivity index (χ1n) is 7.09. The predicted molar refractivity (Wildman–Crippen MR) is 89.4 cm³/mol. The minimum absolute atomic E-state index is 0.133. The van der Waals surface area contributed by atoms with Gasteiger partial charge in [-0.25, -0.2) is 0 Å². The van der Waals surface area contributed by atoms with Crippen molar-refractivity contribution in [1.29, 1.82) is 0 Å². The van der Waals surface area contributed by atoms with Crippen LogP contribution in [-0.2, 0) is 6.54 Å². The van der Waals surface area contributed by atoms with Gasteiger partial charge in [0.05, 0.1) is 11.1 Å². The molecule has 4 heteroatoms. The van der Waals surface area contributed by atoms with Gasteiger partial charge in [0, 0.05) is 18.6 Å². The molecule has 0 radical (unpaired) electrons. The summed E-state index contributed by atoms with van der Waals surface area (Å²) in [7, 11) is 4.15. The molecule has 0 aliphatic carbocycles. The van der Waals surface area contributed by atoms with Crippen molar-refractivity contribution < 1.29 is 4.74 Å². The topological polar surface area (TPSA) is 24.5 Å². The van der Waals surface area contributed by atoms with Crippen LogP contribution in [0.15, 0.2) is 22.7 Å². The van der Waals surface area contributed by atoms with Crippen molar-refractivity contribution in [2.75, 3.05) is 27.2 Å². The van der Waals surface area contributed by atoms with Gasteiger partial charge in [0.15, 0.2) is 0 Å². The van der Waals surface area contributed by atoms with Gasteiger partial charge < -0.3 is 15.0 Å². The highest BCUT2D eigenvalue weighted by atomic mass is 79.9. The summed E-state index contributed by atoms with van der Waals surface area (Å²) in [4.78, 5) is 2.17. The molecule has 20 heavy (non-hydrogen) atoms. The highest BCUT2D eigenvalue weighted by Crippen LogP contribution is 2.26. The first-order valence-corrected chi connectivity index (χ1v) is 7.88. The lowest BCUT2D eigenvalue weighted by Gasteiger charge is -2.20. The molecule has 0 unspecified atom stereocenters. The van der Waals surface area contributed by atoms with Crippen molar-refractivity contribution in [3.05, 3.63) is 28.2 Å². The van der Waals surface area contributed by atoms with Gasteiger partial charge in [-0.3, -0.25) is 0 Å². The fourth-order valence-electron chi connectivity index (χ4n) is 1.70. The Morgan fingerprint density at radius 1 is 1.25 bits per heavy atom. The van der Waals surface area contributed by atoms with Gasteiger partial charge >= 0.3 is 0 Å². The Bertz CT molecular complexity index is 413. The van der Waals surface area contributed by atoms with Crippen LogP contribution >= 0.6 is 15.9 Å². The van der Waals surface area contributed by atoms with E-state index in [1.807, 2.05) is 6.07 Å². The van der Waals surface area contributed by atoms with Crippen molar-refractivity contribution in [3.8, 4) is 5.75 Å². The number of halogens is 1. The van der Waals surface area contributed by atoms with Gasteiger partial charge in [-0.15, -0.1) is 0 Å². The average molecular weight is 343 g/mol. The molecule has 0 fully saturated rings. The lowest BCUT2D eigenvalue weighted by atomic mass is 10.1. The Kier molecular flexibility index (Phi) is 7.00. The van der Waals surface area contributed by atoms with E-state index >= 15 is 0 Å². The van der Waals surface area contributed by atoms with Gasteiger partial charge in [-0.2, -0.15) is 0 Å². The average Bonchev–Trinajstić information content (AvgIpc) is 2.33. The number of hydrogen-bond acceptors (Lipinski definition) is 3. The van der Waals surface area contributed by atoms with E-state index in [0.717, 1.165) is 36.3 Å². The number of nitrogens with zero attached hydrogens (tertiary/aromatic N) is 1. The van der Waals surface area contributed by atoms with Crippen molar-refractivity contribution in [2.45, 2.75) is 39.3 Å². The smallest absolute Gasteiger partial charge is 0.133 e. The molecule has 0 aliphatic rings. The fraction of sp³-hybridized carbons (Fsp3) is 0.625. The van der Waals surface area contributed by atoms with E-state index < -0.39 is 0 Å². The van der Waals surface area contributed by atoms with Crippen molar-refractivity contribution in [2.24, 2.45) is 0 Å². The molecule has 1 aromatic carbocycles. The summed E-state index contributed by atoms with van der Waals surface area (Å²) in [5.41, 5.74) is 1.39. The van der Waals surface area contributed by atoms with Gasteiger partial charge in [-0.05, 0) is 74.9 Å². The molecule has 0 spiro atoms. The van der Waals surface area contributed by atoms with Crippen LogP contribution in [0, 0.1) is 0 Å². The van der Waals surface area contributed by atoms with Gasteiger partial charge in [-0.1, -0.05) is 6.07 Å². The van der Waals surface area contributed by atoms with E-state index in [9.17, 15) is 0 Å². The maximum absolute atomic E-state index is 5.79. The molecule has 1 rings (SSSR count). The van der Waals surface area contributed by atoms with E-state index in [4.69, 9.17) is 4.74 Å². The number of ether oxygens (including phenoxy) is 1. The minimum Gasteiger partial charge on any atom is -0.492 e. The third-order valence-corrected chi connectivity index (χ3v) is 3.45. The molecule has 0 saturated carbocycles. The molecule has 1 N–H and O–H groups in total. The van der Waals surface area contributed by atoms with Crippen LogP contribution in [-0.4, -0.2) is 37.7 Å². The molecule has 1 aromatic rings. The molecule has 0 saturated heterocycles. The lowest BCUT2D eigenvalue weighted by Crippen LogP contribution is -2.35. The number of rotatable bonds is 7. The molecular formula is C16H27BrN2O. The Balaban J connectivity index is 2.47. The highest BCUT2D eigenvalue weighted by molar-refractivity contribution is 9.10. The van der Waals surface area contributed by atoms with Crippen molar-refractivity contribution in [1.82, 2.24) is 10.2 Å². The van der Waals surface area contributed by atoms with Crippen LogP contribution in [0.5, 0.6) is 5.75 Å². The van der Waals surface area contributed by atoms with Crippen LogP contribution in [0.25, 0.3) is 0 Å². The zero-order chi connectivity index (χ0) is 15.2. The zero-order valence-corrected chi connectivity index (χ0v) is 14.9. The Morgan fingerprint density at radius 3 is 2.50 bits per heavy atom. The standard InChI is InChI=1S/C16H27BrN2O/c1-16(2,3)18-12-13-7-8-15(14(17)11-13)20-10-6-9-19(4)5/h7-8,11,18H,6,9-10,12H2,1-5H3. The molecule has 0 aromatic heterocycles. The van der Waals surface area contributed by atoms with Gasteiger partial charge in [0.1, 0.15) is 5.75 Å². The van der Waals surface area contributed by atoms with Crippen molar-refractivity contribution in [3.63, 3.8) is 0 Å². The van der Waals surface area contributed by atoms with Crippen LogP contribution in [0.4, 0.5) is 0 Å². The fourth-order valence-corrected chi connectivity index (χ4v) is 2.24. The zero-order valence-electron chi connectivity index (χ0n) is 13.3. The highest BCUT2D eigenvalue weighted by Gasteiger charge is 2.09. The van der Waals surface area contributed by atoms with Crippen molar-refractivity contribution >= 4 is 15.9 Å². The molecule has 0 amide bonds. The predicted octanol–water partition coefficient (Wildman–Crippen LogP) is 3.67. The molecular weight excluding hydrogens is 316 g/mol. The van der Waals surface area contributed by atoms with Crippen LogP contribution in [0.3, 0.4) is 0 Å². The summed E-state index contributed by atoms with van der Waals surface area (Å²) in [6.07, 6.45) is 1.03. The van der Waals surface area contributed by atoms with E-state index in [0.29, 0.717) is 0 Å². The largest absolute Gasteiger partial charge is 0.492 e. The van der Waals surface area contributed by atoms with E-state index in [-0.39, 0.29) is 5.54 Å². The lowest BCUT2D eigenvalue weighted by molar-refractivity contribution is 0.280. The van der Waals surface area contributed by atoms with Crippen LogP contribution in [0.2, 0.25) is 0 Å². The Morgan fingerprint density at radius 2 is 1.95 bits per heavy atom. The second-order valence-electron chi connectivity index (χ2n) is 6.37. The summed E-state index contributed by atoms with van der Waals surface area (Å²) in [5, 5.41) is 3.48. The third kappa shape index (κ3) is 7.27. The summed E-state index contributed by atoms with van der Waals surface area (Å²) in [5.74, 6) is 0.920. The van der Waals surface area contributed by atoms with E-state index in [1.165, 1.54) is 5.56 Å². The summed E-state index contributed by atoms with van der Waals surface area (Å²) in [6, 6.07) is 6.28. The molecule has 0 heterocycles. The van der Waals surface area contributed by atoms with Gasteiger partial charge in [0.25, 0.3) is 0 Å². The second-order valence-corrected chi connectivity index (χ2v) is 7.23. The monoisotopic (exact) mass is 342 g/mol. The minimum atomic E-state index is 0.133. The van der Waals surface area contributed by atoms with Crippen LogP contribution < -0.4 is 10.1 Å². The number of nitrogens with one attached hydrogen (secondary N) is 1. The SMILES string of the molecule is CN(C)CCCOc1ccc(CNC(C)(C)C)cc1Br. The van der Waals surface area contributed by atoms with E-state index in [2.05, 4.69) is 73.1 Å². The first kappa shape index (κ1) is 17.5. The normalized spacial score (nSPS) is 11.9. The third-order valence-electron chi connectivity index (χ3n) is 2.83. The summed E-state index contributed by atoms with van der Waals surface area (Å²) in [6.45, 7) is 9.17. The van der Waals surface area contributed by atoms with Gasteiger partial charge in [0.2, 0.25) is 0 Å². The van der Waals surface area contributed by atoms with Crippen LogP contribution in [0.1, 0.15) is 32.8 Å². The molecule has 0 bridgehead atoms. The first-order chi connectivity index (χ1) is 9.28. The summed E-state index contributed by atoms with van der Waals surface area (Å²) < 4.78 is 6.82. The second kappa shape index (κ2) is 8.01. The maximum atomic E-state index is 5.79. The number of benzene rings is 1.